The van der Waals surface area contributed by atoms with Gasteiger partial charge in [0.2, 0.25) is 15.3 Å². The van der Waals surface area contributed by atoms with Crippen LogP contribution >= 0.6 is 0 Å². The van der Waals surface area contributed by atoms with Gasteiger partial charge in [-0.2, -0.15) is 8.42 Å². The fourth-order valence-corrected chi connectivity index (χ4v) is 1.54. The summed E-state index contributed by atoms with van der Waals surface area (Å²) in [4.78, 5) is 0. The molecule has 1 aliphatic rings. The van der Waals surface area contributed by atoms with Gasteiger partial charge in [-0.1, -0.05) is 0 Å². The average Bonchev–Trinajstić information content (AvgIpc) is 2.19. The third-order valence-corrected chi connectivity index (χ3v) is 2.58. The van der Waals surface area contributed by atoms with Crippen molar-refractivity contribution in [2.24, 2.45) is 0 Å². The molecule has 0 aromatic heterocycles. The lowest BCUT2D eigenvalue weighted by Gasteiger charge is -2.37. The van der Waals surface area contributed by atoms with E-state index in [4.69, 9.17) is 20.4 Å². The zero-order chi connectivity index (χ0) is 11.7. The van der Waals surface area contributed by atoms with Crippen LogP contribution in [0, 0.1) is 0 Å². The maximum atomic E-state index is 10.3. The summed E-state index contributed by atoms with van der Waals surface area (Å²) in [5, 5.41) is 44.1. The van der Waals surface area contributed by atoms with Crippen LogP contribution in [0.1, 0.15) is 0 Å². The zero-order valence-electron chi connectivity index (χ0n) is 7.26. The van der Waals surface area contributed by atoms with Gasteiger partial charge in [-0.05, 0) is 0 Å². The Kier molecular flexibility index (Phi) is 3.78. The first-order valence-electron chi connectivity index (χ1n) is 3.89. The molecule has 0 aromatic rings. The third kappa shape index (κ3) is 2.34. The van der Waals surface area contributed by atoms with Gasteiger partial charge in [0.1, 0.15) is 18.3 Å². The number of aliphatic hydroxyl groups is 5. The summed E-state index contributed by atoms with van der Waals surface area (Å²) in [7, 11) is -3.04. The van der Waals surface area contributed by atoms with E-state index >= 15 is 0 Å². The molecular weight excluding hydrogens is 232 g/mol. The molecule has 0 saturated carbocycles. The fraction of sp³-hybridized carbons (Fsp3) is 0.833. The molecule has 5 atom stereocenters. The van der Waals surface area contributed by atoms with Gasteiger partial charge < -0.3 is 30.3 Å². The quantitative estimate of drug-likeness (QED) is 0.296. The van der Waals surface area contributed by atoms with Crippen LogP contribution in [0.25, 0.3) is 0 Å². The molecule has 0 aliphatic carbocycles. The number of rotatable bonds is 1. The van der Waals surface area contributed by atoms with Crippen LogP contribution in [0.4, 0.5) is 0 Å². The molecule has 0 spiro atoms. The van der Waals surface area contributed by atoms with Gasteiger partial charge in [-0.25, -0.2) is 0 Å². The van der Waals surface area contributed by atoms with E-state index in [1.807, 2.05) is 0 Å². The topological polar surface area (TPSA) is 145 Å². The van der Waals surface area contributed by atoms with Crippen molar-refractivity contribution in [3.8, 4) is 0 Å². The maximum Gasteiger partial charge on any atom is 0.243 e. The molecule has 15 heavy (non-hydrogen) atoms. The standard InChI is InChI=1S/C6H10O8S/c7-1-2(8)4(6(11)15(12)13)14-5(10)3(1)9/h1-5,7-11H/t1-,2-,3-,4-,5?/m0/s1. The normalized spacial score (nSPS) is 41.3. The third-order valence-electron chi connectivity index (χ3n) is 2.00. The second kappa shape index (κ2) is 4.53. The molecule has 1 heterocycles. The second-order valence-electron chi connectivity index (χ2n) is 2.99. The molecule has 8 nitrogen and oxygen atoms in total. The molecule has 88 valence electrons. The Labute approximate surface area is 85.5 Å². The van der Waals surface area contributed by atoms with Gasteiger partial charge in [0, 0.05) is 0 Å². The molecule has 0 amide bonds. The van der Waals surface area contributed by atoms with Crippen LogP contribution in [-0.4, -0.2) is 69.7 Å². The van der Waals surface area contributed by atoms with Gasteiger partial charge in [-0.3, -0.25) is 0 Å². The van der Waals surface area contributed by atoms with Crippen molar-refractivity contribution >= 4 is 15.3 Å². The lowest BCUT2D eigenvalue weighted by atomic mass is 9.99. The van der Waals surface area contributed by atoms with E-state index in [2.05, 4.69) is 4.74 Å². The molecule has 1 rings (SSSR count). The van der Waals surface area contributed by atoms with Crippen molar-refractivity contribution in [2.45, 2.75) is 30.7 Å². The molecule has 0 bridgehead atoms. The minimum Gasteiger partial charge on any atom is -0.387 e. The van der Waals surface area contributed by atoms with Gasteiger partial charge >= 0.3 is 0 Å². The summed E-state index contributed by atoms with van der Waals surface area (Å²) in [5.74, 6) is 0. The number of hydrogen-bond donors (Lipinski definition) is 5. The van der Waals surface area contributed by atoms with E-state index in [-0.39, 0.29) is 0 Å². The number of aliphatic hydroxyl groups excluding tert-OH is 5. The van der Waals surface area contributed by atoms with Crippen LogP contribution < -0.4 is 0 Å². The molecule has 9 heteroatoms. The Morgan fingerprint density at radius 1 is 1.00 bits per heavy atom. The first-order chi connectivity index (χ1) is 6.86. The second-order valence-corrected chi connectivity index (χ2v) is 3.88. The van der Waals surface area contributed by atoms with E-state index in [0.29, 0.717) is 0 Å². The van der Waals surface area contributed by atoms with E-state index in [9.17, 15) is 13.5 Å². The molecule has 1 aliphatic heterocycles. The van der Waals surface area contributed by atoms with Crippen molar-refractivity contribution in [1.82, 2.24) is 0 Å². The van der Waals surface area contributed by atoms with Gasteiger partial charge in [0.15, 0.2) is 12.4 Å². The molecule has 1 fully saturated rings. The molecule has 5 N–H and O–H groups in total. The van der Waals surface area contributed by atoms with E-state index in [0.717, 1.165) is 0 Å². The monoisotopic (exact) mass is 242 g/mol. The van der Waals surface area contributed by atoms with Crippen molar-refractivity contribution < 1.29 is 38.7 Å². The Bertz CT molecular complexity index is 353. The highest BCUT2D eigenvalue weighted by atomic mass is 32.2. The van der Waals surface area contributed by atoms with Gasteiger partial charge in [-0.15, -0.1) is 0 Å². The van der Waals surface area contributed by atoms with Gasteiger partial charge in [0.25, 0.3) is 0 Å². The zero-order valence-corrected chi connectivity index (χ0v) is 8.07. The lowest BCUT2D eigenvalue weighted by Crippen LogP contribution is -2.59. The lowest BCUT2D eigenvalue weighted by molar-refractivity contribution is -0.268. The predicted octanol–water partition coefficient (Wildman–Crippen LogP) is -3.65. The molecule has 0 aromatic carbocycles. The first kappa shape index (κ1) is 12.5. The number of hydrogen-bond acceptors (Lipinski definition) is 7. The van der Waals surface area contributed by atoms with Crippen LogP contribution in [0.3, 0.4) is 0 Å². The summed E-state index contributed by atoms with van der Waals surface area (Å²) < 4.78 is 25.1. The van der Waals surface area contributed by atoms with Crippen molar-refractivity contribution in [1.29, 1.82) is 0 Å². The largest absolute Gasteiger partial charge is 0.387 e. The predicted molar refractivity (Wildman–Crippen MR) is 45.5 cm³/mol. The Morgan fingerprint density at radius 2 is 1.53 bits per heavy atom. The highest BCUT2D eigenvalue weighted by molar-refractivity contribution is 7.72. The van der Waals surface area contributed by atoms with Crippen molar-refractivity contribution in [2.75, 3.05) is 0 Å². The summed E-state index contributed by atoms with van der Waals surface area (Å²) >= 11 is 0. The minimum atomic E-state index is -3.04. The summed E-state index contributed by atoms with van der Waals surface area (Å²) in [5.41, 5.74) is 0. The summed E-state index contributed by atoms with van der Waals surface area (Å²) in [6.07, 6.45) is -9.12. The smallest absolute Gasteiger partial charge is 0.243 e. The maximum absolute atomic E-state index is 10.3. The van der Waals surface area contributed by atoms with Gasteiger partial charge in [0.05, 0.1) is 0 Å². The van der Waals surface area contributed by atoms with E-state index in [1.54, 1.807) is 0 Å². The Morgan fingerprint density at radius 3 is 2.00 bits per heavy atom. The van der Waals surface area contributed by atoms with Crippen LogP contribution in [-0.2, 0) is 15.0 Å². The van der Waals surface area contributed by atoms with Crippen molar-refractivity contribution in [3.63, 3.8) is 0 Å². The highest BCUT2D eigenvalue weighted by Crippen LogP contribution is 2.19. The molecule has 1 unspecified atom stereocenters. The van der Waals surface area contributed by atoms with Crippen LogP contribution in [0.2, 0.25) is 0 Å². The molecule has 1 saturated heterocycles. The first-order valence-corrected chi connectivity index (χ1v) is 4.96. The molecular formula is C6H10O8S. The van der Waals surface area contributed by atoms with E-state index in [1.165, 1.54) is 0 Å². The fourth-order valence-electron chi connectivity index (χ4n) is 1.16. The Hall–Kier alpha value is -0.550. The minimum absolute atomic E-state index is 1.26. The number of ether oxygens (including phenoxy) is 1. The Balaban J connectivity index is 2.99. The van der Waals surface area contributed by atoms with Crippen LogP contribution in [0.5, 0.6) is 0 Å². The molecule has 0 radical (unpaired) electrons. The summed E-state index contributed by atoms with van der Waals surface area (Å²) in [6.45, 7) is 0. The highest BCUT2D eigenvalue weighted by Gasteiger charge is 2.45. The van der Waals surface area contributed by atoms with E-state index < -0.39 is 46.0 Å². The SMILES string of the molecule is O=S(=O)=C(O)[C@H]1OC(O)[C@@H](O)[C@@H](O)[C@@H]1O. The average molecular weight is 242 g/mol. The van der Waals surface area contributed by atoms with Crippen molar-refractivity contribution in [3.05, 3.63) is 0 Å². The summed E-state index contributed by atoms with van der Waals surface area (Å²) in [6, 6.07) is 0. The van der Waals surface area contributed by atoms with Crippen LogP contribution in [0.15, 0.2) is 0 Å².